The minimum absolute atomic E-state index is 0.0371. The lowest BCUT2D eigenvalue weighted by molar-refractivity contribution is 0.166. The lowest BCUT2D eigenvalue weighted by Gasteiger charge is -2.35. The number of phenols is 2. The van der Waals surface area contributed by atoms with E-state index in [9.17, 15) is 10.2 Å². The Kier molecular flexibility index (Phi) is 3.62. The molecule has 3 rings (SSSR count). The van der Waals surface area contributed by atoms with Gasteiger partial charge in [-0.2, -0.15) is 0 Å². The van der Waals surface area contributed by atoms with Crippen molar-refractivity contribution in [3.05, 3.63) is 23.8 Å². The van der Waals surface area contributed by atoms with E-state index < -0.39 is 0 Å². The zero-order valence-electron chi connectivity index (χ0n) is 11.2. The van der Waals surface area contributed by atoms with E-state index in [2.05, 4.69) is 10.2 Å². The molecule has 0 bridgehead atoms. The number of aromatic hydroxyl groups is 2. The number of piperidine rings is 1. The van der Waals surface area contributed by atoms with Crippen molar-refractivity contribution in [1.82, 2.24) is 10.2 Å². The van der Waals surface area contributed by atoms with Gasteiger partial charge in [0.15, 0.2) is 11.5 Å². The van der Waals surface area contributed by atoms with Crippen molar-refractivity contribution in [3.63, 3.8) is 0 Å². The lowest BCUT2D eigenvalue weighted by atomic mass is 9.97. The molecule has 0 amide bonds. The van der Waals surface area contributed by atoms with E-state index >= 15 is 0 Å². The summed E-state index contributed by atoms with van der Waals surface area (Å²) in [5, 5.41) is 22.3. The van der Waals surface area contributed by atoms with Gasteiger partial charge in [-0.3, -0.25) is 0 Å². The second-order valence-corrected chi connectivity index (χ2v) is 5.76. The second kappa shape index (κ2) is 5.39. The summed E-state index contributed by atoms with van der Waals surface area (Å²) in [5.41, 5.74) is 1.02. The predicted molar refractivity (Wildman–Crippen MR) is 74.2 cm³/mol. The number of nitrogens with zero attached hydrogens (tertiary/aromatic N) is 1. The Morgan fingerprint density at radius 2 is 2.05 bits per heavy atom. The molecular weight excluding hydrogens is 240 g/mol. The van der Waals surface area contributed by atoms with Gasteiger partial charge < -0.3 is 20.4 Å². The molecule has 0 saturated carbocycles. The molecule has 2 fully saturated rings. The number of fused-ring (bicyclic) bond motifs is 1. The van der Waals surface area contributed by atoms with Crippen LogP contribution in [-0.4, -0.2) is 40.3 Å². The van der Waals surface area contributed by atoms with Crippen molar-refractivity contribution in [3.8, 4) is 11.5 Å². The standard InChI is InChI=1S/C15H22N2O2/c18-14-4-3-11(8-15(14)19)10-16-12-5-7-17-6-1-2-13(17)9-12/h3-4,8,12-13,16,18-19H,1-2,5-7,9-10H2. The lowest BCUT2D eigenvalue weighted by Crippen LogP contribution is -2.45. The molecule has 0 radical (unpaired) electrons. The molecule has 0 aliphatic carbocycles. The molecule has 2 aliphatic heterocycles. The highest BCUT2D eigenvalue weighted by atomic mass is 16.3. The van der Waals surface area contributed by atoms with E-state index in [1.807, 2.05) is 6.07 Å². The summed E-state index contributed by atoms with van der Waals surface area (Å²) in [6, 6.07) is 6.39. The Hall–Kier alpha value is -1.26. The van der Waals surface area contributed by atoms with Crippen LogP contribution in [0, 0.1) is 0 Å². The van der Waals surface area contributed by atoms with Crippen molar-refractivity contribution in [1.29, 1.82) is 0 Å². The molecule has 19 heavy (non-hydrogen) atoms. The molecule has 2 aliphatic rings. The molecule has 104 valence electrons. The van der Waals surface area contributed by atoms with Crippen LogP contribution in [0.4, 0.5) is 0 Å². The van der Waals surface area contributed by atoms with Crippen molar-refractivity contribution in [2.24, 2.45) is 0 Å². The molecule has 2 atom stereocenters. The SMILES string of the molecule is Oc1ccc(CNC2CCN3CCCC3C2)cc1O. The predicted octanol–water partition coefficient (Wildman–Crippen LogP) is 1.81. The monoisotopic (exact) mass is 262 g/mol. The van der Waals surface area contributed by atoms with Crippen LogP contribution in [0.1, 0.15) is 31.2 Å². The maximum atomic E-state index is 9.48. The Morgan fingerprint density at radius 1 is 1.16 bits per heavy atom. The van der Waals surface area contributed by atoms with Crippen LogP contribution >= 0.6 is 0 Å². The number of hydrogen-bond acceptors (Lipinski definition) is 4. The third-order valence-corrected chi connectivity index (χ3v) is 4.46. The molecule has 2 unspecified atom stereocenters. The third kappa shape index (κ3) is 2.85. The summed E-state index contributed by atoms with van der Waals surface area (Å²) in [4.78, 5) is 2.62. The number of hydrogen-bond donors (Lipinski definition) is 3. The number of phenolic OH excluding ortho intramolecular Hbond substituents is 2. The molecule has 3 N–H and O–H groups in total. The van der Waals surface area contributed by atoms with Crippen LogP contribution in [0.15, 0.2) is 18.2 Å². The van der Waals surface area contributed by atoms with Gasteiger partial charge in [0, 0.05) is 18.6 Å². The van der Waals surface area contributed by atoms with E-state index in [0.717, 1.165) is 18.2 Å². The van der Waals surface area contributed by atoms with Crippen LogP contribution < -0.4 is 5.32 Å². The first kappa shape index (κ1) is 12.8. The Labute approximate surface area is 114 Å². The van der Waals surface area contributed by atoms with E-state index in [1.165, 1.54) is 38.8 Å². The van der Waals surface area contributed by atoms with Crippen LogP contribution in [0.3, 0.4) is 0 Å². The first-order valence-electron chi connectivity index (χ1n) is 7.20. The maximum absolute atomic E-state index is 9.48. The summed E-state index contributed by atoms with van der Waals surface area (Å²) in [5.74, 6) is -0.0899. The number of benzene rings is 1. The zero-order chi connectivity index (χ0) is 13.2. The Bertz CT molecular complexity index is 450. The van der Waals surface area contributed by atoms with Gasteiger partial charge in [0.2, 0.25) is 0 Å². The van der Waals surface area contributed by atoms with E-state index in [-0.39, 0.29) is 11.5 Å². The van der Waals surface area contributed by atoms with Gasteiger partial charge in [-0.15, -0.1) is 0 Å². The molecule has 2 heterocycles. The summed E-state index contributed by atoms with van der Waals surface area (Å²) >= 11 is 0. The van der Waals surface area contributed by atoms with Crippen LogP contribution in [0.2, 0.25) is 0 Å². The van der Waals surface area contributed by atoms with Crippen molar-refractivity contribution in [2.75, 3.05) is 13.1 Å². The topological polar surface area (TPSA) is 55.7 Å². The normalized spacial score (nSPS) is 27.4. The molecule has 4 heteroatoms. The van der Waals surface area contributed by atoms with E-state index in [0.29, 0.717) is 6.04 Å². The molecular formula is C15H22N2O2. The molecule has 0 aromatic heterocycles. The van der Waals surface area contributed by atoms with Gasteiger partial charge in [0.05, 0.1) is 0 Å². The highest BCUT2D eigenvalue weighted by Gasteiger charge is 2.31. The molecule has 0 spiro atoms. The minimum Gasteiger partial charge on any atom is -0.504 e. The fraction of sp³-hybridized carbons (Fsp3) is 0.600. The molecule has 1 aromatic rings. The summed E-state index contributed by atoms with van der Waals surface area (Å²) < 4.78 is 0. The smallest absolute Gasteiger partial charge is 0.157 e. The van der Waals surface area contributed by atoms with Crippen molar-refractivity contribution < 1.29 is 10.2 Å². The first-order valence-corrected chi connectivity index (χ1v) is 7.20. The van der Waals surface area contributed by atoms with Crippen molar-refractivity contribution in [2.45, 2.75) is 44.3 Å². The second-order valence-electron chi connectivity index (χ2n) is 5.76. The van der Waals surface area contributed by atoms with Crippen LogP contribution in [0.25, 0.3) is 0 Å². The van der Waals surface area contributed by atoms with Gasteiger partial charge in [-0.1, -0.05) is 6.07 Å². The first-order chi connectivity index (χ1) is 9.22. The molecule has 2 saturated heterocycles. The molecule has 1 aromatic carbocycles. The average molecular weight is 262 g/mol. The highest BCUT2D eigenvalue weighted by Crippen LogP contribution is 2.28. The summed E-state index contributed by atoms with van der Waals surface area (Å²) in [6.07, 6.45) is 5.14. The number of rotatable bonds is 3. The highest BCUT2D eigenvalue weighted by molar-refractivity contribution is 5.40. The molecule has 4 nitrogen and oxygen atoms in total. The summed E-state index contributed by atoms with van der Waals surface area (Å²) in [7, 11) is 0. The minimum atomic E-state index is -0.0528. The average Bonchev–Trinajstić information content (AvgIpc) is 2.87. The van der Waals surface area contributed by atoms with Crippen LogP contribution in [0.5, 0.6) is 11.5 Å². The van der Waals surface area contributed by atoms with Crippen LogP contribution in [-0.2, 0) is 6.54 Å². The summed E-state index contributed by atoms with van der Waals surface area (Å²) in [6.45, 7) is 3.25. The zero-order valence-corrected chi connectivity index (χ0v) is 11.2. The van der Waals surface area contributed by atoms with Gasteiger partial charge in [0.1, 0.15) is 0 Å². The Morgan fingerprint density at radius 3 is 2.89 bits per heavy atom. The quantitative estimate of drug-likeness (QED) is 0.727. The van der Waals surface area contributed by atoms with Gasteiger partial charge in [0.25, 0.3) is 0 Å². The van der Waals surface area contributed by atoms with E-state index in [1.54, 1.807) is 12.1 Å². The van der Waals surface area contributed by atoms with Gasteiger partial charge >= 0.3 is 0 Å². The third-order valence-electron chi connectivity index (χ3n) is 4.46. The largest absolute Gasteiger partial charge is 0.504 e. The fourth-order valence-electron chi connectivity index (χ4n) is 3.35. The van der Waals surface area contributed by atoms with Gasteiger partial charge in [-0.05, 0) is 56.5 Å². The van der Waals surface area contributed by atoms with Crippen molar-refractivity contribution >= 4 is 0 Å². The fourth-order valence-corrected chi connectivity index (χ4v) is 3.35. The van der Waals surface area contributed by atoms with E-state index in [4.69, 9.17) is 0 Å². The van der Waals surface area contributed by atoms with Gasteiger partial charge in [-0.25, -0.2) is 0 Å². The Balaban J connectivity index is 1.53. The maximum Gasteiger partial charge on any atom is 0.157 e. The number of nitrogens with one attached hydrogen (secondary N) is 1.